The molecule has 0 atom stereocenters. The number of benzene rings is 3. The maximum atomic E-state index is 12.4. The third-order valence-electron chi connectivity index (χ3n) is 7.95. The Morgan fingerprint density at radius 3 is 2.58 bits per heavy atom. The van der Waals surface area contributed by atoms with Gasteiger partial charge >= 0.3 is 5.97 Å². The summed E-state index contributed by atoms with van der Waals surface area (Å²) in [4.78, 5) is 12.4. The second kappa shape index (κ2) is 9.85. The van der Waals surface area contributed by atoms with Crippen molar-refractivity contribution in [2.45, 2.75) is 64.0 Å². The summed E-state index contributed by atoms with van der Waals surface area (Å²) < 4.78 is 13.7. The molecule has 0 bridgehead atoms. The molecule has 0 unspecified atom stereocenters. The van der Waals surface area contributed by atoms with Crippen LogP contribution in [0.25, 0.3) is 22.2 Å². The number of carbonyl (C=O) groups excluding carboxylic acids is 1. The molecule has 1 fully saturated rings. The van der Waals surface area contributed by atoms with Gasteiger partial charge in [0.05, 0.1) is 18.4 Å². The average molecular weight is 480 g/mol. The van der Waals surface area contributed by atoms with Crippen molar-refractivity contribution in [1.29, 1.82) is 0 Å². The van der Waals surface area contributed by atoms with E-state index in [1.807, 2.05) is 30.3 Å². The van der Waals surface area contributed by atoms with Crippen molar-refractivity contribution in [1.82, 2.24) is 4.57 Å². The van der Waals surface area contributed by atoms with Gasteiger partial charge in [0.1, 0.15) is 12.4 Å². The van der Waals surface area contributed by atoms with Gasteiger partial charge in [-0.3, -0.25) is 0 Å². The fourth-order valence-corrected chi connectivity index (χ4v) is 6.21. The fourth-order valence-electron chi connectivity index (χ4n) is 6.21. The quantitative estimate of drug-likeness (QED) is 0.276. The number of carbonyl (C=O) groups is 1. The molecule has 0 spiro atoms. The molecule has 3 aromatic carbocycles. The number of ether oxygens (including phenoxy) is 2. The number of fused-ring (bicyclic) bond motifs is 5. The van der Waals surface area contributed by atoms with E-state index in [0.717, 1.165) is 30.7 Å². The summed E-state index contributed by atoms with van der Waals surface area (Å²) in [5, 5.41) is 1.29. The molecular weight excluding hydrogens is 446 g/mol. The van der Waals surface area contributed by atoms with Gasteiger partial charge in [-0.1, -0.05) is 55.7 Å². The lowest BCUT2D eigenvalue weighted by molar-refractivity contribution is 0.0601. The molecule has 4 heteroatoms. The lowest BCUT2D eigenvalue weighted by Gasteiger charge is -2.24. The molecule has 0 amide bonds. The summed E-state index contributed by atoms with van der Waals surface area (Å²) in [6, 6.07) is 23.1. The summed E-state index contributed by atoms with van der Waals surface area (Å²) in [5.41, 5.74) is 8.44. The zero-order chi connectivity index (χ0) is 24.5. The van der Waals surface area contributed by atoms with Crippen LogP contribution in [0.15, 0.2) is 66.7 Å². The van der Waals surface area contributed by atoms with Crippen LogP contribution in [-0.2, 0) is 24.3 Å². The zero-order valence-electron chi connectivity index (χ0n) is 21.0. The predicted molar refractivity (Wildman–Crippen MR) is 144 cm³/mol. The number of aryl methyl sites for hydroxylation is 2. The summed E-state index contributed by atoms with van der Waals surface area (Å²) in [7, 11) is 1.45. The van der Waals surface area contributed by atoms with Crippen LogP contribution in [0, 0.1) is 0 Å². The summed E-state index contributed by atoms with van der Waals surface area (Å²) in [5.74, 6) is 1.21. The van der Waals surface area contributed by atoms with Crippen LogP contribution >= 0.6 is 0 Å². The highest BCUT2D eigenvalue weighted by Crippen LogP contribution is 2.46. The van der Waals surface area contributed by atoms with E-state index < -0.39 is 0 Å². The van der Waals surface area contributed by atoms with Gasteiger partial charge in [-0.2, -0.15) is 0 Å². The molecule has 0 N–H and O–H groups in total. The first kappa shape index (κ1) is 22.9. The van der Waals surface area contributed by atoms with Gasteiger partial charge in [-0.05, 0) is 78.6 Å². The van der Waals surface area contributed by atoms with Crippen molar-refractivity contribution >= 4 is 16.9 Å². The van der Waals surface area contributed by atoms with E-state index in [1.165, 1.54) is 72.5 Å². The molecule has 1 aromatic heterocycles. The molecule has 1 aliphatic carbocycles. The standard InChI is InChI=1S/C32H33NO3/c1-35-32(34)25-14-16-28-29(20-25)33-18-8-13-24-19-26(36-21-22-9-4-2-5-10-22)15-17-27(24)31(33)30(28)23-11-6-3-7-12-23/h2,4-5,9-10,14-17,19-20,23H,3,6-8,11-13,18,21H2,1H3. The highest BCUT2D eigenvalue weighted by Gasteiger charge is 2.29. The van der Waals surface area contributed by atoms with Gasteiger partial charge < -0.3 is 14.0 Å². The third-order valence-corrected chi connectivity index (χ3v) is 7.95. The number of esters is 1. The smallest absolute Gasteiger partial charge is 0.337 e. The second-order valence-corrected chi connectivity index (χ2v) is 10.2. The minimum atomic E-state index is -0.277. The van der Waals surface area contributed by atoms with Gasteiger partial charge in [0.15, 0.2) is 0 Å². The van der Waals surface area contributed by atoms with E-state index in [0.29, 0.717) is 18.1 Å². The van der Waals surface area contributed by atoms with Crippen molar-refractivity contribution in [3.8, 4) is 17.0 Å². The molecule has 1 saturated carbocycles. The van der Waals surface area contributed by atoms with Crippen LogP contribution in [0.2, 0.25) is 0 Å². The van der Waals surface area contributed by atoms with Crippen molar-refractivity contribution in [2.75, 3.05) is 7.11 Å². The largest absolute Gasteiger partial charge is 0.489 e. The van der Waals surface area contributed by atoms with Crippen molar-refractivity contribution in [2.24, 2.45) is 0 Å². The maximum absolute atomic E-state index is 12.4. The molecule has 2 heterocycles. The number of hydrogen-bond acceptors (Lipinski definition) is 3. The van der Waals surface area contributed by atoms with E-state index in [-0.39, 0.29) is 5.97 Å². The van der Waals surface area contributed by atoms with Crippen molar-refractivity contribution in [3.05, 3.63) is 89.0 Å². The molecule has 0 radical (unpaired) electrons. The number of rotatable bonds is 5. The van der Waals surface area contributed by atoms with E-state index in [1.54, 1.807) is 0 Å². The van der Waals surface area contributed by atoms with Gasteiger partial charge in [0, 0.05) is 23.0 Å². The lowest BCUT2D eigenvalue weighted by Crippen LogP contribution is -2.07. The van der Waals surface area contributed by atoms with Gasteiger partial charge in [-0.25, -0.2) is 4.79 Å². The summed E-state index contributed by atoms with van der Waals surface area (Å²) in [6.45, 7) is 1.52. The van der Waals surface area contributed by atoms with Gasteiger partial charge in [0.2, 0.25) is 0 Å². The Labute approximate surface area is 212 Å². The molecule has 2 aliphatic rings. The van der Waals surface area contributed by atoms with Gasteiger partial charge in [-0.15, -0.1) is 0 Å². The molecular formula is C32H33NO3. The summed E-state index contributed by atoms with van der Waals surface area (Å²) >= 11 is 0. The van der Waals surface area contributed by atoms with Crippen LogP contribution in [0.1, 0.15) is 71.5 Å². The van der Waals surface area contributed by atoms with Crippen molar-refractivity contribution in [3.63, 3.8) is 0 Å². The van der Waals surface area contributed by atoms with E-state index >= 15 is 0 Å². The van der Waals surface area contributed by atoms with Crippen LogP contribution in [-0.4, -0.2) is 17.6 Å². The molecule has 4 nitrogen and oxygen atoms in total. The highest BCUT2D eigenvalue weighted by atomic mass is 16.5. The molecule has 184 valence electrons. The first-order valence-corrected chi connectivity index (χ1v) is 13.3. The maximum Gasteiger partial charge on any atom is 0.337 e. The Hall–Kier alpha value is -3.53. The predicted octanol–water partition coefficient (Wildman–Crippen LogP) is 7.67. The van der Waals surface area contributed by atoms with Crippen molar-refractivity contribution < 1.29 is 14.3 Å². The summed E-state index contributed by atoms with van der Waals surface area (Å²) in [6.07, 6.45) is 8.44. The average Bonchev–Trinajstić information content (AvgIpc) is 3.13. The lowest BCUT2D eigenvalue weighted by atomic mass is 9.81. The number of methoxy groups -OCH3 is 1. The van der Waals surface area contributed by atoms with E-state index in [4.69, 9.17) is 9.47 Å². The first-order valence-electron chi connectivity index (χ1n) is 13.3. The Bertz CT molecular complexity index is 1400. The minimum Gasteiger partial charge on any atom is -0.489 e. The molecule has 1 aliphatic heterocycles. The SMILES string of the molecule is COC(=O)c1ccc2c(C3CCCCC3)c3n(c2c1)CCCc1cc(OCc2ccccc2)ccc1-3. The fraction of sp³-hybridized carbons (Fsp3) is 0.344. The second-order valence-electron chi connectivity index (χ2n) is 10.2. The molecule has 36 heavy (non-hydrogen) atoms. The topological polar surface area (TPSA) is 40.5 Å². The number of aromatic nitrogens is 1. The monoisotopic (exact) mass is 479 g/mol. The van der Waals surface area contributed by atoms with Crippen LogP contribution < -0.4 is 4.74 Å². The van der Waals surface area contributed by atoms with E-state index in [2.05, 4.69) is 41.0 Å². The molecule has 0 saturated heterocycles. The van der Waals surface area contributed by atoms with Gasteiger partial charge in [0.25, 0.3) is 0 Å². The normalized spacial score (nSPS) is 15.7. The molecule has 6 rings (SSSR count). The van der Waals surface area contributed by atoms with Crippen LogP contribution in [0.5, 0.6) is 5.75 Å². The Balaban J connectivity index is 1.46. The number of nitrogens with zero attached hydrogens (tertiary/aromatic N) is 1. The first-order chi connectivity index (χ1) is 17.7. The Morgan fingerprint density at radius 2 is 1.78 bits per heavy atom. The van der Waals surface area contributed by atoms with E-state index in [9.17, 15) is 4.79 Å². The number of hydrogen-bond donors (Lipinski definition) is 0. The minimum absolute atomic E-state index is 0.277. The third kappa shape index (κ3) is 4.19. The Morgan fingerprint density at radius 1 is 0.944 bits per heavy atom. The van der Waals surface area contributed by atoms with Crippen LogP contribution in [0.3, 0.4) is 0 Å². The highest BCUT2D eigenvalue weighted by molar-refractivity contribution is 5.99. The molecule has 4 aromatic rings. The Kier molecular flexibility index (Phi) is 6.27. The zero-order valence-corrected chi connectivity index (χ0v) is 21.0. The van der Waals surface area contributed by atoms with Crippen LogP contribution in [0.4, 0.5) is 0 Å².